The molecular weight excluding hydrogens is 176 g/mol. The van der Waals surface area contributed by atoms with Gasteiger partial charge in [0.2, 0.25) is 0 Å². The van der Waals surface area contributed by atoms with Crippen LogP contribution in [0.1, 0.15) is 19.8 Å². The molecule has 1 aromatic heterocycles. The normalized spacial score (nSPS) is 22.4. The molecule has 4 nitrogen and oxygen atoms in total. The van der Waals surface area contributed by atoms with E-state index in [9.17, 15) is 0 Å². The van der Waals surface area contributed by atoms with E-state index >= 15 is 0 Å². The van der Waals surface area contributed by atoms with Gasteiger partial charge in [-0.15, -0.1) is 0 Å². The second kappa shape index (κ2) is 3.82. The Morgan fingerprint density at radius 3 is 3.07 bits per heavy atom. The summed E-state index contributed by atoms with van der Waals surface area (Å²) in [5.74, 6) is 2.26. The highest BCUT2D eigenvalue weighted by Gasteiger charge is 2.17. The molecule has 2 heterocycles. The number of piperidine rings is 1. The van der Waals surface area contributed by atoms with Gasteiger partial charge < -0.3 is 10.6 Å². The fourth-order valence-electron chi connectivity index (χ4n) is 1.93. The van der Waals surface area contributed by atoms with Crippen molar-refractivity contribution in [2.45, 2.75) is 19.8 Å². The predicted molar refractivity (Wildman–Crippen MR) is 57.1 cm³/mol. The van der Waals surface area contributed by atoms with Gasteiger partial charge in [0.1, 0.15) is 18.0 Å². The third-order valence-corrected chi connectivity index (χ3v) is 2.65. The molecule has 0 unspecified atom stereocenters. The van der Waals surface area contributed by atoms with Crippen LogP contribution in [0.25, 0.3) is 0 Å². The first-order valence-electron chi connectivity index (χ1n) is 5.08. The van der Waals surface area contributed by atoms with Gasteiger partial charge in [0, 0.05) is 19.2 Å². The topological polar surface area (TPSA) is 55.0 Å². The minimum atomic E-state index is 0.549. The van der Waals surface area contributed by atoms with Gasteiger partial charge in [-0.1, -0.05) is 6.92 Å². The molecule has 0 bridgehead atoms. The molecule has 0 spiro atoms. The summed E-state index contributed by atoms with van der Waals surface area (Å²) < 4.78 is 0. The second-order valence-corrected chi connectivity index (χ2v) is 3.99. The molecule has 2 rings (SSSR count). The lowest BCUT2D eigenvalue weighted by Gasteiger charge is -2.31. The summed E-state index contributed by atoms with van der Waals surface area (Å²) >= 11 is 0. The van der Waals surface area contributed by atoms with Gasteiger partial charge in [0.15, 0.2) is 0 Å². The van der Waals surface area contributed by atoms with Crippen LogP contribution in [-0.4, -0.2) is 23.1 Å². The van der Waals surface area contributed by atoms with Crippen molar-refractivity contribution >= 4 is 11.6 Å². The first kappa shape index (κ1) is 9.24. The lowest BCUT2D eigenvalue weighted by atomic mass is 10.0. The van der Waals surface area contributed by atoms with Crippen molar-refractivity contribution in [3.05, 3.63) is 12.4 Å². The third kappa shape index (κ3) is 1.95. The number of hydrogen-bond acceptors (Lipinski definition) is 4. The van der Waals surface area contributed by atoms with Gasteiger partial charge >= 0.3 is 0 Å². The largest absolute Gasteiger partial charge is 0.384 e. The number of nitrogens with zero attached hydrogens (tertiary/aromatic N) is 3. The number of rotatable bonds is 1. The van der Waals surface area contributed by atoms with E-state index in [1.165, 1.54) is 19.2 Å². The van der Waals surface area contributed by atoms with Crippen LogP contribution in [-0.2, 0) is 0 Å². The van der Waals surface area contributed by atoms with Crippen LogP contribution in [0.5, 0.6) is 0 Å². The molecule has 0 aliphatic carbocycles. The lowest BCUT2D eigenvalue weighted by molar-refractivity contribution is 0.444. The molecule has 1 saturated heterocycles. The predicted octanol–water partition coefficient (Wildman–Crippen LogP) is 1.30. The monoisotopic (exact) mass is 192 g/mol. The molecule has 2 N–H and O–H groups in total. The molecular formula is C10H16N4. The van der Waals surface area contributed by atoms with Crippen LogP contribution in [0.4, 0.5) is 11.6 Å². The zero-order chi connectivity index (χ0) is 9.97. The number of nitrogen functional groups attached to an aromatic ring is 1. The highest BCUT2D eigenvalue weighted by molar-refractivity contribution is 5.46. The Kier molecular flexibility index (Phi) is 2.52. The van der Waals surface area contributed by atoms with Gasteiger partial charge in [0.25, 0.3) is 0 Å². The molecule has 76 valence electrons. The molecule has 1 aromatic rings. The second-order valence-electron chi connectivity index (χ2n) is 3.99. The summed E-state index contributed by atoms with van der Waals surface area (Å²) in [7, 11) is 0. The highest BCUT2D eigenvalue weighted by atomic mass is 15.2. The average Bonchev–Trinajstić information content (AvgIpc) is 2.18. The van der Waals surface area contributed by atoms with E-state index < -0.39 is 0 Å². The molecule has 0 aromatic carbocycles. The zero-order valence-corrected chi connectivity index (χ0v) is 8.48. The van der Waals surface area contributed by atoms with Crippen LogP contribution in [0.15, 0.2) is 12.4 Å². The Balaban J connectivity index is 2.14. The summed E-state index contributed by atoms with van der Waals surface area (Å²) in [6, 6.07) is 1.85. The number of hydrogen-bond donors (Lipinski definition) is 1. The quantitative estimate of drug-likeness (QED) is 0.728. The molecule has 4 heteroatoms. The fraction of sp³-hybridized carbons (Fsp3) is 0.600. The van der Waals surface area contributed by atoms with E-state index in [-0.39, 0.29) is 0 Å². The van der Waals surface area contributed by atoms with Crippen molar-refractivity contribution in [3.8, 4) is 0 Å². The van der Waals surface area contributed by atoms with Crippen LogP contribution in [0.3, 0.4) is 0 Å². The van der Waals surface area contributed by atoms with Crippen LogP contribution < -0.4 is 10.6 Å². The summed E-state index contributed by atoms with van der Waals surface area (Å²) in [5, 5.41) is 0. The van der Waals surface area contributed by atoms with E-state index in [0.717, 1.165) is 24.8 Å². The van der Waals surface area contributed by atoms with Crippen LogP contribution in [0.2, 0.25) is 0 Å². The summed E-state index contributed by atoms with van der Waals surface area (Å²) in [6.45, 7) is 4.44. The Hall–Kier alpha value is -1.32. The molecule has 1 atom stereocenters. The van der Waals surface area contributed by atoms with E-state index in [0.29, 0.717) is 5.82 Å². The smallest absolute Gasteiger partial charge is 0.134 e. The van der Waals surface area contributed by atoms with Crippen molar-refractivity contribution in [2.24, 2.45) is 5.92 Å². The molecule has 0 radical (unpaired) electrons. The van der Waals surface area contributed by atoms with E-state index in [2.05, 4.69) is 21.8 Å². The van der Waals surface area contributed by atoms with Crippen molar-refractivity contribution in [2.75, 3.05) is 23.7 Å². The van der Waals surface area contributed by atoms with Gasteiger partial charge in [-0.2, -0.15) is 0 Å². The van der Waals surface area contributed by atoms with Crippen molar-refractivity contribution in [1.82, 2.24) is 9.97 Å². The van der Waals surface area contributed by atoms with Gasteiger partial charge in [-0.05, 0) is 18.8 Å². The van der Waals surface area contributed by atoms with E-state index in [1.54, 1.807) is 0 Å². The Labute approximate surface area is 84.2 Å². The number of aromatic nitrogens is 2. The van der Waals surface area contributed by atoms with Gasteiger partial charge in [-0.3, -0.25) is 0 Å². The van der Waals surface area contributed by atoms with Crippen LogP contribution in [0, 0.1) is 5.92 Å². The Bertz CT molecular complexity index is 313. The Morgan fingerprint density at radius 2 is 2.36 bits per heavy atom. The maximum atomic E-state index is 5.62. The lowest BCUT2D eigenvalue weighted by Crippen LogP contribution is -2.34. The van der Waals surface area contributed by atoms with E-state index in [4.69, 9.17) is 5.73 Å². The standard InChI is InChI=1S/C10H16N4/c1-8-3-2-4-14(6-8)10-5-9(11)12-7-13-10/h5,7-8H,2-4,6H2,1H3,(H2,11,12,13)/t8-/m1/s1. The van der Waals surface area contributed by atoms with Gasteiger partial charge in [0.05, 0.1) is 0 Å². The minimum absolute atomic E-state index is 0.549. The summed E-state index contributed by atoms with van der Waals surface area (Å²) in [5.41, 5.74) is 5.62. The highest BCUT2D eigenvalue weighted by Crippen LogP contribution is 2.21. The summed E-state index contributed by atoms with van der Waals surface area (Å²) in [4.78, 5) is 10.4. The fourth-order valence-corrected chi connectivity index (χ4v) is 1.93. The third-order valence-electron chi connectivity index (χ3n) is 2.65. The van der Waals surface area contributed by atoms with Gasteiger partial charge in [-0.25, -0.2) is 9.97 Å². The van der Waals surface area contributed by atoms with Crippen molar-refractivity contribution in [1.29, 1.82) is 0 Å². The molecule has 1 aliphatic heterocycles. The first-order valence-corrected chi connectivity index (χ1v) is 5.08. The molecule has 14 heavy (non-hydrogen) atoms. The van der Waals surface area contributed by atoms with Crippen molar-refractivity contribution < 1.29 is 0 Å². The molecule has 0 amide bonds. The first-order chi connectivity index (χ1) is 6.75. The molecule has 0 saturated carbocycles. The van der Waals surface area contributed by atoms with Crippen LogP contribution >= 0.6 is 0 Å². The number of nitrogens with two attached hydrogens (primary N) is 1. The minimum Gasteiger partial charge on any atom is -0.384 e. The van der Waals surface area contributed by atoms with Crippen molar-refractivity contribution in [3.63, 3.8) is 0 Å². The number of anilines is 2. The van der Waals surface area contributed by atoms with E-state index in [1.807, 2.05) is 6.07 Å². The molecule has 1 fully saturated rings. The maximum Gasteiger partial charge on any atom is 0.134 e. The average molecular weight is 192 g/mol. The SMILES string of the molecule is C[C@@H]1CCCN(c2cc(N)ncn2)C1. The Morgan fingerprint density at radius 1 is 1.50 bits per heavy atom. The maximum absolute atomic E-state index is 5.62. The summed E-state index contributed by atoms with van der Waals surface area (Å²) in [6.07, 6.45) is 4.09. The molecule has 1 aliphatic rings. The zero-order valence-electron chi connectivity index (χ0n) is 8.48.